The molecule has 72 valence electrons. The number of hydrogen-bond acceptors (Lipinski definition) is 4. The predicted molar refractivity (Wildman–Crippen MR) is 48.3 cm³/mol. The van der Waals surface area contributed by atoms with Gasteiger partial charge in [-0.05, 0) is 13.8 Å². The lowest BCUT2D eigenvalue weighted by Gasteiger charge is -2.13. The summed E-state index contributed by atoms with van der Waals surface area (Å²) in [6.07, 6.45) is -0.0315. The van der Waals surface area contributed by atoms with Gasteiger partial charge in [-0.3, -0.25) is 0 Å². The molecule has 0 amide bonds. The summed E-state index contributed by atoms with van der Waals surface area (Å²) in [5, 5.41) is 15.3. The Morgan fingerprint density at radius 2 is 1.38 bits per heavy atom. The van der Waals surface area contributed by atoms with Gasteiger partial charge in [-0.15, -0.1) is 0 Å². The molecule has 0 spiro atoms. The third-order valence-corrected chi connectivity index (χ3v) is 4.46. The maximum atomic E-state index is 11.5. The fraction of sp³-hybridized carbons (Fsp3) is 0.750. The van der Waals surface area contributed by atoms with Gasteiger partial charge in [-0.2, -0.15) is 10.5 Å². The zero-order valence-electron chi connectivity index (χ0n) is 7.69. The number of nitrogens with zero attached hydrogens (tertiary/aromatic N) is 2. The Kier molecular flexibility index (Phi) is 4.44. The Balaban J connectivity index is 4.60. The molecule has 13 heavy (non-hydrogen) atoms. The van der Waals surface area contributed by atoms with E-state index in [0.717, 1.165) is 0 Å². The predicted octanol–water partition coefficient (Wildman–Crippen LogP) is 1.01. The van der Waals surface area contributed by atoms with Gasteiger partial charge in [0.15, 0.2) is 9.84 Å². The van der Waals surface area contributed by atoms with E-state index in [-0.39, 0.29) is 12.8 Å². The van der Waals surface area contributed by atoms with E-state index >= 15 is 0 Å². The maximum Gasteiger partial charge on any atom is 0.157 e. The van der Waals surface area contributed by atoms with Crippen molar-refractivity contribution in [1.29, 1.82) is 10.5 Å². The molecule has 0 radical (unpaired) electrons. The SMILES string of the molecule is CC(CC#N)S(=O)(=O)C(C)CC#N. The number of nitriles is 2. The molecule has 0 aromatic carbocycles. The summed E-state index contributed by atoms with van der Waals surface area (Å²) in [4.78, 5) is 0. The molecule has 0 rings (SSSR count). The fourth-order valence-corrected chi connectivity index (χ4v) is 2.29. The minimum absolute atomic E-state index is 0.0158. The molecular weight excluding hydrogens is 188 g/mol. The van der Waals surface area contributed by atoms with Crippen molar-refractivity contribution in [2.45, 2.75) is 37.2 Å². The first kappa shape index (κ1) is 11.9. The van der Waals surface area contributed by atoms with Crippen LogP contribution < -0.4 is 0 Å². The molecule has 0 N–H and O–H groups in total. The number of hydrogen-bond donors (Lipinski definition) is 0. The van der Waals surface area contributed by atoms with Gasteiger partial charge in [0.1, 0.15) is 0 Å². The van der Waals surface area contributed by atoms with Gasteiger partial charge in [-0.25, -0.2) is 8.42 Å². The molecule has 0 saturated heterocycles. The summed E-state index contributed by atoms with van der Waals surface area (Å²) in [5.74, 6) is 0. The molecule has 5 heteroatoms. The van der Waals surface area contributed by atoms with Crippen LogP contribution in [-0.2, 0) is 9.84 Å². The van der Waals surface area contributed by atoms with Crippen molar-refractivity contribution in [3.8, 4) is 12.1 Å². The zero-order chi connectivity index (χ0) is 10.5. The van der Waals surface area contributed by atoms with E-state index in [1.54, 1.807) is 0 Å². The standard InChI is InChI=1S/C8H12N2O2S/c1-7(3-5-9)13(11,12)8(2)4-6-10/h7-8H,3-4H2,1-2H3. The van der Waals surface area contributed by atoms with Crippen LogP contribution in [-0.4, -0.2) is 18.9 Å². The molecule has 2 unspecified atom stereocenters. The van der Waals surface area contributed by atoms with Crippen molar-refractivity contribution in [3.05, 3.63) is 0 Å². The summed E-state index contributed by atoms with van der Waals surface area (Å²) in [7, 11) is -3.31. The third kappa shape index (κ3) is 3.04. The van der Waals surface area contributed by atoms with E-state index < -0.39 is 20.3 Å². The zero-order valence-corrected chi connectivity index (χ0v) is 8.50. The minimum atomic E-state index is -3.31. The first-order valence-electron chi connectivity index (χ1n) is 3.93. The van der Waals surface area contributed by atoms with Gasteiger partial charge in [0.05, 0.1) is 35.5 Å². The van der Waals surface area contributed by atoms with Gasteiger partial charge >= 0.3 is 0 Å². The van der Waals surface area contributed by atoms with Crippen molar-refractivity contribution >= 4 is 9.84 Å². The first-order valence-corrected chi connectivity index (χ1v) is 5.54. The van der Waals surface area contributed by atoms with Crippen LogP contribution in [0.2, 0.25) is 0 Å². The van der Waals surface area contributed by atoms with Crippen LogP contribution in [0.3, 0.4) is 0 Å². The second-order valence-corrected chi connectivity index (χ2v) is 5.72. The average molecular weight is 200 g/mol. The largest absolute Gasteiger partial charge is 0.228 e. The van der Waals surface area contributed by atoms with E-state index in [0.29, 0.717) is 0 Å². The van der Waals surface area contributed by atoms with E-state index in [4.69, 9.17) is 10.5 Å². The second-order valence-electron chi connectivity index (χ2n) is 2.93. The van der Waals surface area contributed by atoms with E-state index in [1.165, 1.54) is 13.8 Å². The Bertz CT molecular complexity index is 306. The Morgan fingerprint density at radius 3 is 1.62 bits per heavy atom. The highest BCUT2D eigenvalue weighted by molar-refractivity contribution is 7.92. The van der Waals surface area contributed by atoms with Crippen LogP contribution in [0.1, 0.15) is 26.7 Å². The van der Waals surface area contributed by atoms with Crippen LogP contribution >= 0.6 is 0 Å². The minimum Gasteiger partial charge on any atom is -0.228 e. The Labute approximate surface area is 78.7 Å². The molecule has 0 saturated carbocycles. The smallest absolute Gasteiger partial charge is 0.157 e. The molecule has 4 nitrogen and oxygen atoms in total. The normalized spacial score (nSPS) is 15.4. The van der Waals surface area contributed by atoms with Gasteiger partial charge in [0.25, 0.3) is 0 Å². The molecule has 0 aliphatic heterocycles. The topological polar surface area (TPSA) is 81.7 Å². The van der Waals surface area contributed by atoms with Crippen molar-refractivity contribution in [3.63, 3.8) is 0 Å². The van der Waals surface area contributed by atoms with Gasteiger partial charge in [0.2, 0.25) is 0 Å². The molecule has 0 bridgehead atoms. The summed E-state index contributed by atoms with van der Waals surface area (Å²) in [6.45, 7) is 2.98. The lowest BCUT2D eigenvalue weighted by molar-refractivity contribution is 0.571. The quantitative estimate of drug-likeness (QED) is 0.678. The highest BCUT2D eigenvalue weighted by Gasteiger charge is 2.27. The van der Waals surface area contributed by atoms with Crippen LogP contribution in [0.25, 0.3) is 0 Å². The second kappa shape index (κ2) is 4.84. The van der Waals surface area contributed by atoms with Crippen molar-refractivity contribution in [2.24, 2.45) is 0 Å². The molecule has 0 aliphatic carbocycles. The number of sulfone groups is 1. The Morgan fingerprint density at radius 1 is 1.08 bits per heavy atom. The fourth-order valence-electron chi connectivity index (χ4n) is 0.886. The average Bonchev–Trinajstić information content (AvgIpc) is 2.05. The Hall–Kier alpha value is -1.07. The molecule has 0 aromatic heterocycles. The molecule has 0 aliphatic rings. The monoisotopic (exact) mass is 200 g/mol. The highest BCUT2D eigenvalue weighted by atomic mass is 32.2. The van der Waals surface area contributed by atoms with Gasteiger partial charge < -0.3 is 0 Å². The third-order valence-electron chi connectivity index (χ3n) is 1.88. The molecule has 2 atom stereocenters. The lowest BCUT2D eigenvalue weighted by atomic mass is 10.3. The van der Waals surface area contributed by atoms with E-state index in [9.17, 15) is 8.42 Å². The summed E-state index contributed by atoms with van der Waals surface area (Å²) < 4.78 is 23.0. The maximum absolute atomic E-state index is 11.5. The highest BCUT2D eigenvalue weighted by Crippen LogP contribution is 2.14. The van der Waals surface area contributed by atoms with E-state index in [1.807, 2.05) is 12.1 Å². The summed E-state index contributed by atoms with van der Waals surface area (Å²) >= 11 is 0. The van der Waals surface area contributed by atoms with Crippen LogP contribution in [0.4, 0.5) is 0 Å². The molecule has 0 fully saturated rings. The lowest BCUT2D eigenvalue weighted by Crippen LogP contribution is -2.27. The summed E-state index contributed by atoms with van der Waals surface area (Å²) in [6, 6.07) is 3.62. The first-order chi connectivity index (χ1) is 5.96. The molecule has 0 heterocycles. The summed E-state index contributed by atoms with van der Waals surface area (Å²) in [5.41, 5.74) is 0. The molecular formula is C8H12N2O2S. The molecule has 0 aromatic rings. The van der Waals surface area contributed by atoms with Crippen LogP contribution in [0.5, 0.6) is 0 Å². The van der Waals surface area contributed by atoms with Gasteiger partial charge in [-0.1, -0.05) is 0 Å². The van der Waals surface area contributed by atoms with Crippen molar-refractivity contribution in [1.82, 2.24) is 0 Å². The van der Waals surface area contributed by atoms with Crippen molar-refractivity contribution < 1.29 is 8.42 Å². The van der Waals surface area contributed by atoms with Crippen LogP contribution in [0, 0.1) is 22.7 Å². The number of rotatable bonds is 4. The van der Waals surface area contributed by atoms with Crippen molar-refractivity contribution in [2.75, 3.05) is 0 Å². The van der Waals surface area contributed by atoms with Gasteiger partial charge in [0, 0.05) is 0 Å². The van der Waals surface area contributed by atoms with Crippen LogP contribution in [0.15, 0.2) is 0 Å². The van der Waals surface area contributed by atoms with E-state index in [2.05, 4.69) is 0 Å².